The number of thiol groups is 1. The molecule has 1 aromatic rings. The van der Waals surface area contributed by atoms with Gasteiger partial charge >= 0.3 is 5.97 Å². The van der Waals surface area contributed by atoms with Crippen molar-refractivity contribution >= 4 is 24.5 Å². The molecule has 0 aliphatic carbocycles. The highest BCUT2D eigenvalue weighted by molar-refractivity contribution is 7.80. The van der Waals surface area contributed by atoms with E-state index in [1.807, 2.05) is 6.07 Å². The average molecular weight is 239 g/mol. The lowest BCUT2D eigenvalue weighted by atomic mass is 10.1. The lowest BCUT2D eigenvalue weighted by Crippen LogP contribution is -2.42. The number of carboxylic acids is 1. The van der Waals surface area contributed by atoms with Crippen LogP contribution in [0.4, 0.5) is 0 Å². The zero-order valence-electron chi connectivity index (χ0n) is 8.80. The van der Waals surface area contributed by atoms with E-state index in [0.29, 0.717) is 5.56 Å². The molecule has 0 saturated carbocycles. The number of aryl methyl sites for hydroxylation is 1. The van der Waals surface area contributed by atoms with Crippen LogP contribution in [0.2, 0.25) is 0 Å². The fourth-order valence-electron chi connectivity index (χ4n) is 1.25. The summed E-state index contributed by atoms with van der Waals surface area (Å²) in [5, 5.41) is 11.2. The molecule has 0 radical (unpaired) electrons. The van der Waals surface area contributed by atoms with Gasteiger partial charge in [-0.05, 0) is 18.6 Å². The third-order valence-electron chi connectivity index (χ3n) is 2.18. The molecule has 0 unspecified atom stereocenters. The summed E-state index contributed by atoms with van der Waals surface area (Å²) in [6, 6.07) is 6.04. The standard InChI is InChI=1S/C11H13NO3S/c1-7-4-2-3-5-8(7)10(13)12-9(6-16)11(14)15/h2-5,9,16H,6H2,1H3,(H,12,13)(H,14,15)/t9-/m0/s1. The summed E-state index contributed by atoms with van der Waals surface area (Å²) >= 11 is 3.87. The number of carboxylic acid groups (broad SMARTS) is 1. The minimum absolute atomic E-state index is 0.0625. The maximum Gasteiger partial charge on any atom is 0.327 e. The number of benzene rings is 1. The van der Waals surface area contributed by atoms with Crippen LogP contribution in [0.3, 0.4) is 0 Å². The predicted octanol–water partition coefficient (Wildman–Crippen LogP) is 1.11. The monoisotopic (exact) mass is 239 g/mol. The number of aliphatic carboxylic acids is 1. The first-order valence-electron chi connectivity index (χ1n) is 4.76. The first kappa shape index (κ1) is 12.6. The summed E-state index contributed by atoms with van der Waals surface area (Å²) in [6.07, 6.45) is 0. The molecular weight excluding hydrogens is 226 g/mol. The van der Waals surface area contributed by atoms with Crippen molar-refractivity contribution in [1.82, 2.24) is 5.32 Å². The third kappa shape index (κ3) is 3.00. The lowest BCUT2D eigenvalue weighted by Gasteiger charge is -2.12. The van der Waals surface area contributed by atoms with Gasteiger partial charge in [-0.25, -0.2) is 4.79 Å². The Kier molecular flexibility index (Phi) is 4.37. The van der Waals surface area contributed by atoms with Gasteiger partial charge in [0, 0.05) is 11.3 Å². The first-order chi connectivity index (χ1) is 7.56. The van der Waals surface area contributed by atoms with E-state index >= 15 is 0 Å². The second kappa shape index (κ2) is 5.55. The number of amides is 1. The molecule has 86 valence electrons. The predicted molar refractivity (Wildman–Crippen MR) is 63.9 cm³/mol. The van der Waals surface area contributed by atoms with Crippen LogP contribution in [-0.4, -0.2) is 28.8 Å². The molecule has 0 fully saturated rings. The summed E-state index contributed by atoms with van der Waals surface area (Å²) in [6.45, 7) is 1.80. The van der Waals surface area contributed by atoms with Crippen molar-refractivity contribution in [2.45, 2.75) is 13.0 Å². The van der Waals surface area contributed by atoms with Gasteiger partial charge in [0.1, 0.15) is 6.04 Å². The van der Waals surface area contributed by atoms with E-state index in [1.165, 1.54) is 0 Å². The van der Waals surface area contributed by atoms with Crippen molar-refractivity contribution in [3.8, 4) is 0 Å². The normalized spacial score (nSPS) is 11.9. The fourth-order valence-corrected chi connectivity index (χ4v) is 1.50. The van der Waals surface area contributed by atoms with Crippen molar-refractivity contribution in [3.05, 3.63) is 35.4 Å². The van der Waals surface area contributed by atoms with Crippen molar-refractivity contribution in [3.63, 3.8) is 0 Å². The van der Waals surface area contributed by atoms with Gasteiger partial charge in [-0.2, -0.15) is 12.6 Å². The smallest absolute Gasteiger partial charge is 0.327 e. The van der Waals surface area contributed by atoms with Gasteiger partial charge in [-0.3, -0.25) is 4.79 Å². The summed E-state index contributed by atoms with van der Waals surface area (Å²) in [5.41, 5.74) is 1.29. The molecule has 1 atom stereocenters. The summed E-state index contributed by atoms with van der Waals surface area (Å²) in [5.74, 6) is -1.41. The molecule has 0 aromatic heterocycles. The van der Waals surface area contributed by atoms with Crippen molar-refractivity contribution in [1.29, 1.82) is 0 Å². The number of nitrogens with one attached hydrogen (secondary N) is 1. The Bertz CT molecular complexity index is 406. The molecule has 5 heteroatoms. The SMILES string of the molecule is Cc1ccccc1C(=O)N[C@@H](CS)C(=O)O. The Morgan fingerprint density at radius 1 is 1.44 bits per heavy atom. The maximum absolute atomic E-state index is 11.7. The topological polar surface area (TPSA) is 66.4 Å². The minimum atomic E-state index is -1.09. The van der Waals surface area contributed by atoms with E-state index < -0.39 is 12.0 Å². The van der Waals surface area contributed by atoms with Crippen LogP contribution in [0.25, 0.3) is 0 Å². The third-order valence-corrected chi connectivity index (χ3v) is 2.54. The molecule has 0 bridgehead atoms. The zero-order chi connectivity index (χ0) is 12.1. The Labute approximate surface area is 99.1 Å². The van der Waals surface area contributed by atoms with E-state index in [0.717, 1.165) is 5.56 Å². The van der Waals surface area contributed by atoms with E-state index in [1.54, 1.807) is 25.1 Å². The molecule has 0 heterocycles. The minimum Gasteiger partial charge on any atom is -0.480 e. The van der Waals surface area contributed by atoms with Crippen LogP contribution in [0.15, 0.2) is 24.3 Å². The van der Waals surface area contributed by atoms with Crippen LogP contribution in [0.1, 0.15) is 15.9 Å². The zero-order valence-corrected chi connectivity index (χ0v) is 9.70. The Hall–Kier alpha value is -1.49. The number of rotatable bonds is 4. The molecule has 1 amide bonds. The van der Waals surface area contributed by atoms with Gasteiger partial charge in [0.25, 0.3) is 5.91 Å². The van der Waals surface area contributed by atoms with Crippen molar-refractivity contribution in [2.24, 2.45) is 0 Å². The molecule has 0 aliphatic heterocycles. The highest BCUT2D eigenvalue weighted by atomic mass is 32.1. The van der Waals surface area contributed by atoms with Crippen LogP contribution >= 0.6 is 12.6 Å². The fraction of sp³-hybridized carbons (Fsp3) is 0.273. The largest absolute Gasteiger partial charge is 0.480 e. The molecule has 1 rings (SSSR count). The molecule has 0 spiro atoms. The first-order valence-corrected chi connectivity index (χ1v) is 5.39. The van der Waals surface area contributed by atoms with Crippen LogP contribution in [0, 0.1) is 6.92 Å². The van der Waals surface area contributed by atoms with Crippen LogP contribution < -0.4 is 5.32 Å². The lowest BCUT2D eigenvalue weighted by molar-refractivity contribution is -0.138. The second-order valence-corrected chi connectivity index (χ2v) is 3.73. The van der Waals surface area contributed by atoms with Gasteiger partial charge in [0.05, 0.1) is 0 Å². The quantitative estimate of drug-likeness (QED) is 0.689. The molecule has 0 aliphatic rings. The van der Waals surface area contributed by atoms with E-state index in [4.69, 9.17) is 5.11 Å². The Morgan fingerprint density at radius 2 is 2.06 bits per heavy atom. The number of hydrogen-bond donors (Lipinski definition) is 3. The number of carbonyl (C=O) groups excluding carboxylic acids is 1. The molecule has 4 nitrogen and oxygen atoms in total. The van der Waals surface area contributed by atoms with E-state index in [-0.39, 0.29) is 11.7 Å². The highest BCUT2D eigenvalue weighted by Gasteiger charge is 2.19. The molecular formula is C11H13NO3S. The van der Waals surface area contributed by atoms with E-state index in [9.17, 15) is 9.59 Å². The van der Waals surface area contributed by atoms with Gasteiger partial charge in [-0.1, -0.05) is 18.2 Å². The summed E-state index contributed by atoms with van der Waals surface area (Å²) in [7, 11) is 0. The van der Waals surface area contributed by atoms with Crippen molar-refractivity contribution in [2.75, 3.05) is 5.75 Å². The second-order valence-electron chi connectivity index (χ2n) is 3.36. The molecule has 1 aromatic carbocycles. The average Bonchev–Trinajstić information content (AvgIpc) is 2.25. The number of carbonyl (C=O) groups is 2. The highest BCUT2D eigenvalue weighted by Crippen LogP contribution is 2.07. The molecule has 2 N–H and O–H groups in total. The van der Waals surface area contributed by atoms with Gasteiger partial charge in [-0.15, -0.1) is 0 Å². The molecule has 0 saturated heterocycles. The summed E-state index contributed by atoms with van der Waals surface area (Å²) < 4.78 is 0. The number of hydrogen-bond acceptors (Lipinski definition) is 3. The van der Waals surface area contributed by atoms with Crippen LogP contribution in [0.5, 0.6) is 0 Å². The summed E-state index contributed by atoms with van der Waals surface area (Å²) in [4.78, 5) is 22.4. The van der Waals surface area contributed by atoms with Gasteiger partial charge < -0.3 is 10.4 Å². The molecule has 16 heavy (non-hydrogen) atoms. The van der Waals surface area contributed by atoms with Gasteiger partial charge in [0.2, 0.25) is 0 Å². The van der Waals surface area contributed by atoms with E-state index in [2.05, 4.69) is 17.9 Å². The maximum atomic E-state index is 11.7. The van der Waals surface area contributed by atoms with Gasteiger partial charge in [0.15, 0.2) is 0 Å². The Balaban J connectivity index is 2.80. The Morgan fingerprint density at radius 3 is 2.56 bits per heavy atom. The van der Waals surface area contributed by atoms with Crippen LogP contribution in [-0.2, 0) is 4.79 Å². The van der Waals surface area contributed by atoms with Crippen molar-refractivity contribution < 1.29 is 14.7 Å².